The number of amides is 1. The van der Waals surface area contributed by atoms with E-state index >= 15 is 0 Å². The van der Waals surface area contributed by atoms with Gasteiger partial charge in [0.2, 0.25) is 5.91 Å². The van der Waals surface area contributed by atoms with Gasteiger partial charge in [-0.15, -0.1) is 0 Å². The van der Waals surface area contributed by atoms with Gasteiger partial charge in [-0.25, -0.2) is 0 Å². The van der Waals surface area contributed by atoms with E-state index in [9.17, 15) is 4.79 Å². The average Bonchev–Trinajstić information content (AvgIpc) is 2.81. The third-order valence-corrected chi connectivity index (χ3v) is 2.56. The van der Waals surface area contributed by atoms with Gasteiger partial charge in [-0.05, 0) is 25.7 Å². The van der Waals surface area contributed by atoms with Crippen LogP contribution in [0.4, 0.5) is 0 Å². The van der Waals surface area contributed by atoms with Crippen LogP contribution < -0.4 is 0 Å². The number of allylic oxidation sites excluding steroid dienone is 1. The summed E-state index contributed by atoms with van der Waals surface area (Å²) in [4.78, 5) is 13.1. The minimum Gasteiger partial charge on any atom is -0.316 e. The highest BCUT2D eigenvalue weighted by Gasteiger charge is 2.29. The summed E-state index contributed by atoms with van der Waals surface area (Å²) in [5.41, 5.74) is 1.28. The van der Waals surface area contributed by atoms with E-state index in [2.05, 4.69) is 20.8 Å². The van der Waals surface area contributed by atoms with Crippen molar-refractivity contribution < 1.29 is 4.79 Å². The summed E-state index contributed by atoms with van der Waals surface area (Å²) in [6, 6.07) is 0.492. The maximum Gasteiger partial charge on any atom is 0.223 e. The van der Waals surface area contributed by atoms with Gasteiger partial charge in [-0.1, -0.05) is 19.4 Å². The van der Waals surface area contributed by atoms with Crippen molar-refractivity contribution in [2.75, 3.05) is 0 Å². The largest absolute Gasteiger partial charge is 0.316 e. The summed E-state index contributed by atoms with van der Waals surface area (Å²) in [6.45, 7) is 8.03. The fraction of sp³-hybridized carbons (Fsp3) is 0.727. The molecule has 0 aliphatic heterocycles. The summed E-state index contributed by atoms with van der Waals surface area (Å²) in [5.74, 6) is 0.697. The Bertz CT molecular complexity index is 226. The molecule has 0 aromatic rings. The summed E-state index contributed by atoms with van der Waals surface area (Å²) in [5, 5.41) is 0. The van der Waals surface area contributed by atoms with E-state index in [1.165, 1.54) is 18.4 Å². The number of rotatable bonds is 3. The second kappa shape index (κ2) is 3.95. The SMILES string of the molecule is CC(=O)N(/C=C(\C)C(C)C)C1CC1. The van der Waals surface area contributed by atoms with Crippen LogP contribution in [0.5, 0.6) is 0 Å². The van der Waals surface area contributed by atoms with Crippen LogP contribution in [0, 0.1) is 5.92 Å². The molecule has 0 spiro atoms. The lowest BCUT2D eigenvalue weighted by Gasteiger charge is -2.18. The minimum atomic E-state index is 0.169. The number of nitrogens with zero attached hydrogens (tertiary/aromatic N) is 1. The van der Waals surface area contributed by atoms with Crippen molar-refractivity contribution in [3.63, 3.8) is 0 Å². The second-order valence-corrected chi connectivity index (χ2v) is 4.19. The summed E-state index contributed by atoms with van der Waals surface area (Å²) < 4.78 is 0. The lowest BCUT2D eigenvalue weighted by molar-refractivity contribution is -0.126. The Hall–Kier alpha value is -0.790. The second-order valence-electron chi connectivity index (χ2n) is 4.19. The first kappa shape index (κ1) is 10.3. The molecule has 1 rings (SSSR count). The topological polar surface area (TPSA) is 20.3 Å². The van der Waals surface area contributed by atoms with Crippen LogP contribution in [0.3, 0.4) is 0 Å². The standard InChI is InChI=1S/C11H19NO/c1-8(2)9(3)7-12(10(4)13)11-5-6-11/h7-8,11H,5-6H2,1-4H3/b9-7+. The van der Waals surface area contributed by atoms with E-state index in [0.717, 1.165) is 0 Å². The van der Waals surface area contributed by atoms with Gasteiger partial charge in [0.05, 0.1) is 0 Å². The zero-order valence-corrected chi connectivity index (χ0v) is 9.00. The van der Waals surface area contributed by atoms with Crippen LogP contribution in [0.2, 0.25) is 0 Å². The quantitative estimate of drug-likeness (QED) is 0.655. The van der Waals surface area contributed by atoms with Gasteiger partial charge in [0.1, 0.15) is 0 Å². The first-order valence-corrected chi connectivity index (χ1v) is 4.99. The zero-order chi connectivity index (χ0) is 10.0. The van der Waals surface area contributed by atoms with Crippen molar-refractivity contribution in [2.24, 2.45) is 5.92 Å². The highest BCUT2D eigenvalue weighted by atomic mass is 16.2. The van der Waals surface area contributed by atoms with E-state index in [-0.39, 0.29) is 5.91 Å². The van der Waals surface area contributed by atoms with Crippen LogP contribution in [0.1, 0.15) is 40.5 Å². The monoisotopic (exact) mass is 181 g/mol. The molecule has 13 heavy (non-hydrogen) atoms. The van der Waals surface area contributed by atoms with Gasteiger partial charge in [0, 0.05) is 19.2 Å². The smallest absolute Gasteiger partial charge is 0.223 e. The molecule has 1 fully saturated rings. The minimum absolute atomic E-state index is 0.169. The molecule has 1 aliphatic rings. The van der Waals surface area contributed by atoms with Crippen molar-refractivity contribution >= 4 is 5.91 Å². The molecular formula is C11H19NO. The highest BCUT2D eigenvalue weighted by molar-refractivity contribution is 5.75. The van der Waals surface area contributed by atoms with E-state index in [0.29, 0.717) is 12.0 Å². The van der Waals surface area contributed by atoms with Gasteiger partial charge in [0.25, 0.3) is 0 Å². The molecule has 1 aliphatic carbocycles. The number of carbonyl (C=O) groups is 1. The molecule has 0 radical (unpaired) electrons. The molecule has 0 bridgehead atoms. The molecule has 74 valence electrons. The summed E-state index contributed by atoms with van der Waals surface area (Å²) >= 11 is 0. The van der Waals surface area contributed by atoms with Crippen LogP contribution >= 0.6 is 0 Å². The Morgan fingerprint density at radius 1 is 1.38 bits per heavy atom. The number of carbonyl (C=O) groups excluding carboxylic acids is 1. The van der Waals surface area contributed by atoms with Crippen molar-refractivity contribution in [3.8, 4) is 0 Å². The van der Waals surface area contributed by atoms with Crippen LogP contribution in [-0.2, 0) is 4.79 Å². The Morgan fingerprint density at radius 2 is 1.92 bits per heavy atom. The van der Waals surface area contributed by atoms with Crippen molar-refractivity contribution in [3.05, 3.63) is 11.8 Å². The van der Waals surface area contributed by atoms with Gasteiger partial charge in [-0.2, -0.15) is 0 Å². The van der Waals surface area contributed by atoms with E-state index in [4.69, 9.17) is 0 Å². The maximum atomic E-state index is 11.3. The lowest BCUT2D eigenvalue weighted by atomic mass is 10.1. The average molecular weight is 181 g/mol. The summed E-state index contributed by atoms with van der Waals surface area (Å²) in [7, 11) is 0. The fourth-order valence-corrected chi connectivity index (χ4v) is 1.17. The van der Waals surface area contributed by atoms with Crippen LogP contribution in [0.25, 0.3) is 0 Å². The van der Waals surface area contributed by atoms with Gasteiger partial charge < -0.3 is 4.90 Å². The molecular weight excluding hydrogens is 162 g/mol. The summed E-state index contributed by atoms with van der Waals surface area (Å²) in [6.07, 6.45) is 4.35. The van der Waals surface area contributed by atoms with Gasteiger partial charge in [0.15, 0.2) is 0 Å². The molecule has 1 saturated carbocycles. The fourth-order valence-electron chi connectivity index (χ4n) is 1.17. The zero-order valence-electron chi connectivity index (χ0n) is 9.00. The van der Waals surface area contributed by atoms with E-state index < -0.39 is 0 Å². The molecule has 0 heterocycles. The Labute approximate surface area is 80.6 Å². The lowest BCUT2D eigenvalue weighted by Crippen LogP contribution is -2.25. The predicted molar refractivity (Wildman–Crippen MR) is 54.1 cm³/mol. The first-order chi connectivity index (χ1) is 6.02. The van der Waals surface area contributed by atoms with E-state index in [1.807, 2.05) is 11.1 Å². The number of hydrogen-bond acceptors (Lipinski definition) is 1. The van der Waals surface area contributed by atoms with Crippen molar-refractivity contribution in [1.82, 2.24) is 4.90 Å². The molecule has 0 atom stereocenters. The molecule has 0 aromatic carbocycles. The van der Waals surface area contributed by atoms with Crippen LogP contribution in [-0.4, -0.2) is 16.8 Å². The number of hydrogen-bond donors (Lipinski definition) is 0. The van der Waals surface area contributed by atoms with E-state index in [1.54, 1.807) is 6.92 Å². The van der Waals surface area contributed by atoms with Gasteiger partial charge >= 0.3 is 0 Å². The molecule has 2 nitrogen and oxygen atoms in total. The van der Waals surface area contributed by atoms with Gasteiger partial charge in [-0.3, -0.25) is 4.79 Å². The Balaban J connectivity index is 2.65. The maximum absolute atomic E-state index is 11.3. The molecule has 0 aromatic heterocycles. The normalized spacial score (nSPS) is 17.8. The molecule has 0 N–H and O–H groups in total. The predicted octanol–water partition coefficient (Wildman–Crippen LogP) is 2.56. The molecule has 0 saturated heterocycles. The highest BCUT2D eigenvalue weighted by Crippen LogP contribution is 2.28. The molecule has 1 amide bonds. The molecule has 0 unspecified atom stereocenters. The first-order valence-electron chi connectivity index (χ1n) is 4.99. The Morgan fingerprint density at radius 3 is 2.23 bits per heavy atom. The van der Waals surface area contributed by atoms with Crippen LogP contribution in [0.15, 0.2) is 11.8 Å². The third-order valence-electron chi connectivity index (χ3n) is 2.56. The Kier molecular flexibility index (Phi) is 3.12. The van der Waals surface area contributed by atoms with Crippen molar-refractivity contribution in [2.45, 2.75) is 46.6 Å². The molecule has 2 heteroatoms. The third kappa shape index (κ3) is 2.87. The van der Waals surface area contributed by atoms with Crippen molar-refractivity contribution in [1.29, 1.82) is 0 Å².